The van der Waals surface area contributed by atoms with E-state index in [2.05, 4.69) is 20.8 Å². The lowest BCUT2D eigenvalue weighted by molar-refractivity contribution is -0.119. The van der Waals surface area contributed by atoms with Crippen LogP contribution in [0.3, 0.4) is 0 Å². The van der Waals surface area contributed by atoms with Gasteiger partial charge in [0.25, 0.3) is 5.91 Å². The molecule has 0 fully saturated rings. The molecule has 0 saturated heterocycles. The number of H-pyrrole nitrogens is 1. The Morgan fingerprint density at radius 3 is 2.75 bits per heavy atom. The van der Waals surface area contributed by atoms with Crippen molar-refractivity contribution >= 4 is 28.7 Å². The summed E-state index contributed by atoms with van der Waals surface area (Å²) in [4.78, 5) is 15.1. The SMILES string of the molecule is Cc1[nH]c2ccccc2c1/C=N\NC(=O)CNc1ccc(F)cc1. The van der Waals surface area contributed by atoms with Gasteiger partial charge >= 0.3 is 0 Å². The largest absolute Gasteiger partial charge is 0.376 e. The fourth-order valence-corrected chi connectivity index (χ4v) is 2.42. The van der Waals surface area contributed by atoms with Gasteiger partial charge in [-0.15, -0.1) is 0 Å². The minimum absolute atomic E-state index is 0.0514. The van der Waals surface area contributed by atoms with Gasteiger partial charge in [0, 0.05) is 27.8 Å². The Bertz CT molecular complexity index is 884. The Kier molecular flexibility index (Phi) is 4.56. The van der Waals surface area contributed by atoms with E-state index in [9.17, 15) is 9.18 Å². The number of aromatic amines is 1. The van der Waals surface area contributed by atoms with Crippen LogP contribution >= 0.6 is 0 Å². The minimum atomic E-state index is -0.316. The number of rotatable bonds is 5. The van der Waals surface area contributed by atoms with Crippen molar-refractivity contribution in [1.82, 2.24) is 10.4 Å². The summed E-state index contributed by atoms with van der Waals surface area (Å²) in [5.74, 6) is -0.600. The van der Waals surface area contributed by atoms with Crippen molar-refractivity contribution in [3.8, 4) is 0 Å². The first kappa shape index (κ1) is 15.7. The van der Waals surface area contributed by atoms with Crippen molar-refractivity contribution in [2.24, 2.45) is 5.10 Å². The van der Waals surface area contributed by atoms with Gasteiger partial charge in [0.2, 0.25) is 0 Å². The summed E-state index contributed by atoms with van der Waals surface area (Å²) in [6.07, 6.45) is 1.63. The average molecular weight is 324 g/mol. The van der Waals surface area contributed by atoms with Crippen molar-refractivity contribution in [3.63, 3.8) is 0 Å². The molecule has 0 unspecified atom stereocenters. The molecule has 2 aromatic carbocycles. The summed E-state index contributed by atoms with van der Waals surface area (Å²) in [6, 6.07) is 13.7. The Labute approximate surface area is 138 Å². The monoisotopic (exact) mass is 324 g/mol. The number of carbonyl (C=O) groups excluding carboxylic acids is 1. The number of para-hydroxylation sites is 1. The molecule has 0 atom stereocenters. The van der Waals surface area contributed by atoms with E-state index in [-0.39, 0.29) is 18.3 Å². The zero-order chi connectivity index (χ0) is 16.9. The van der Waals surface area contributed by atoms with E-state index in [1.54, 1.807) is 18.3 Å². The third-order valence-corrected chi connectivity index (χ3v) is 3.62. The van der Waals surface area contributed by atoms with E-state index in [0.29, 0.717) is 5.69 Å². The van der Waals surface area contributed by atoms with Crippen LogP contribution in [0.4, 0.5) is 10.1 Å². The number of halogens is 1. The normalized spacial score (nSPS) is 11.1. The minimum Gasteiger partial charge on any atom is -0.376 e. The van der Waals surface area contributed by atoms with Crippen LogP contribution < -0.4 is 10.7 Å². The molecular weight excluding hydrogens is 307 g/mol. The van der Waals surface area contributed by atoms with Gasteiger partial charge in [-0.25, -0.2) is 9.82 Å². The fourth-order valence-electron chi connectivity index (χ4n) is 2.42. The Morgan fingerprint density at radius 2 is 1.96 bits per heavy atom. The molecule has 0 radical (unpaired) electrons. The number of aromatic nitrogens is 1. The van der Waals surface area contributed by atoms with Crippen LogP contribution in [0.5, 0.6) is 0 Å². The van der Waals surface area contributed by atoms with Gasteiger partial charge in [-0.3, -0.25) is 4.79 Å². The van der Waals surface area contributed by atoms with Crippen LogP contribution in [0.2, 0.25) is 0 Å². The fraction of sp³-hybridized carbons (Fsp3) is 0.111. The number of benzene rings is 2. The molecule has 6 heteroatoms. The molecule has 0 bridgehead atoms. The lowest BCUT2D eigenvalue weighted by Crippen LogP contribution is -2.25. The Hall–Kier alpha value is -3.15. The lowest BCUT2D eigenvalue weighted by atomic mass is 10.1. The van der Waals surface area contributed by atoms with Gasteiger partial charge in [-0.1, -0.05) is 18.2 Å². The average Bonchev–Trinajstić information content (AvgIpc) is 2.90. The Morgan fingerprint density at radius 1 is 1.21 bits per heavy atom. The number of nitrogens with zero attached hydrogens (tertiary/aromatic N) is 1. The highest BCUT2D eigenvalue weighted by atomic mass is 19.1. The van der Waals surface area contributed by atoms with Crippen LogP contribution in [-0.4, -0.2) is 23.7 Å². The highest BCUT2D eigenvalue weighted by Crippen LogP contribution is 2.19. The summed E-state index contributed by atoms with van der Waals surface area (Å²) in [5, 5.41) is 7.96. The van der Waals surface area contributed by atoms with Crippen LogP contribution in [0.15, 0.2) is 53.6 Å². The maximum Gasteiger partial charge on any atom is 0.259 e. The number of hydrogen-bond donors (Lipinski definition) is 3. The third-order valence-electron chi connectivity index (χ3n) is 3.62. The number of fused-ring (bicyclic) bond motifs is 1. The van der Waals surface area contributed by atoms with Crippen LogP contribution in [0.1, 0.15) is 11.3 Å². The van der Waals surface area contributed by atoms with E-state index in [4.69, 9.17) is 0 Å². The summed E-state index contributed by atoms with van der Waals surface area (Å²) >= 11 is 0. The van der Waals surface area contributed by atoms with Crippen molar-refractivity contribution in [2.45, 2.75) is 6.92 Å². The lowest BCUT2D eigenvalue weighted by Gasteiger charge is -2.04. The zero-order valence-electron chi connectivity index (χ0n) is 13.1. The molecule has 0 aliphatic rings. The van der Waals surface area contributed by atoms with Gasteiger partial charge in [0.15, 0.2) is 0 Å². The number of amides is 1. The number of nitrogens with one attached hydrogen (secondary N) is 3. The van der Waals surface area contributed by atoms with Crippen molar-refractivity contribution < 1.29 is 9.18 Å². The highest BCUT2D eigenvalue weighted by molar-refractivity contribution is 6.00. The molecule has 24 heavy (non-hydrogen) atoms. The molecule has 0 saturated carbocycles. The number of hydrazone groups is 1. The van der Waals surface area contributed by atoms with Gasteiger partial charge in [-0.05, 0) is 37.3 Å². The van der Waals surface area contributed by atoms with Crippen LogP contribution in [0.25, 0.3) is 10.9 Å². The van der Waals surface area contributed by atoms with E-state index < -0.39 is 0 Å². The molecule has 0 spiro atoms. The molecule has 3 rings (SSSR count). The topological polar surface area (TPSA) is 69.3 Å². The molecule has 1 heterocycles. The molecule has 5 nitrogen and oxygen atoms in total. The molecule has 0 aliphatic carbocycles. The quantitative estimate of drug-likeness (QED) is 0.498. The second-order valence-electron chi connectivity index (χ2n) is 5.36. The standard InChI is InChI=1S/C18H17FN4O/c1-12-16(15-4-2-3-5-17(15)22-12)10-21-23-18(24)11-20-14-8-6-13(19)7-9-14/h2-10,20,22H,11H2,1H3,(H,23,24)/b21-10-. The predicted molar refractivity (Wildman–Crippen MR) is 93.7 cm³/mol. The Balaban J connectivity index is 1.58. The van der Waals surface area contributed by atoms with E-state index >= 15 is 0 Å². The summed E-state index contributed by atoms with van der Waals surface area (Å²) in [6.45, 7) is 2.01. The zero-order valence-corrected chi connectivity index (χ0v) is 13.1. The van der Waals surface area contributed by atoms with Crippen molar-refractivity contribution in [2.75, 3.05) is 11.9 Å². The van der Waals surface area contributed by atoms with Crippen molar-refractivity contribution in [1.29, 1.82) is 0 Å². The molecule has 0 aliphatic heterocycles. The molecule has 3 aromatic rings. The van der Waals surface area contributed by atoms with E-state index in [0.717, 1.165) is 22.2 Å². The summed E-state index contributed by atoms with van der Waals surface area (Å²) in [5.41, 5.74) is 6.10. The first-order valence-corrected chi connectivity index (χ1v) is 7.52. The molecule has 3 N–H and O–H groups in total. The first-order chi connectivity index (χ1) is 11.6. The third kappa shape index (κ3) is 3.60. The molecule has 1 amide bonds. The maximum absolute atomic E-state index is 12.8. The second kappa shape index (κ2) is 6.95. The van der Waals surface area contributed by atoms with Gasteiger partial charge in [0.05, 0.1) is 12.8 Å². The molecule has 122 valence electrons. The van der Waals surface area contributed by atoms with Gasteiger partial charge in [0.1, 0.15) is 5.82 Å². The second-order valence-corrected chi connectivity index (χ2v) is 5.36. The number of aryl methyl sites for hydroxylation is 1. The number of carbonyl (C=O) groups is 1. The maximum atomic E-state index is 12.8. The van der Waals surface area contributed by atoms with Gasteiger partial charge in [-0.2, -0.15) is 5.10 Å². The van der Waals surface area contributed by atoms with Crippen LogP contribution in [-0.2, 0) is 4.79 Å². The van der Waals surface area contributed by atoms with E-state index in [1.807, 2.05) is 31.2 Å². The number of anilines is 1. The number of hydrogen-bond acceptors (Lipinski definition) is 3. The van der Waals surface area contributed by atoms with E-state index in [1.165, 1.54) is 12.1 Å². The highest BCUT2D eigenvalue weighted by Gasteiger charge is 2.05. The first-order valence-electron chi connectivity index (χ1n) is 7.52. The molecular formula is C18H17FN4O. The summed E-state index contributed by atoms with van der Waals surface area (Å²) in [7, 11) is 0. The van der Waals surface area contributed by atoms with Gasteiger partial charge < -0.3 is 10.3 Å². The summed E-state index contributed by atoms with van der Waals surface area (Å²) < 4.78 is 12.8. The molecule has 1 aromatic heterocycles. The van der Waals surface area contributed by atoms with Crippen molar-refractivity contribution in [3.05, 3.63) is 65.6 Å². The van der Waals surface area contributed by atoms with Crippen LogP contribution in [0, 0.1) is 12.7 Å². The predicted octanol–water partition coefficient (Wildman–Crippen LogP) is 3.18. The smallest absolute Gasteiger partial charge is 0.259 e.